The Morgan fingerprint density at radius 1 is 1.45 bits per heavy atom. The first-order valence-corrected chi connectivity index (χ1v) is 6.08. The second kappa shape index (κ2) is 5.24. The highest BCUT2D eigenvalue weighted by Gasteiger charge is 2.34. The number of hydrogen-bond acceptors (Lipinski definition) is 4. The molecule has 0 aliphatic carbocycles. The molecular formula is C14H16N2O4. The van der Waals surface area contributed by atoms with Crippen LogP contribution in [0.15, 0.2) is 35.5 Å². The summed E-state index contributed by atoms with van der Waals surface area (Å²) >= 11 is 0. The molecule has 2 amide bonds. The van der Waals surface area contributed by atoms with Gasteiger partial charge in [-0.1, -0.05) is 12.1 Å². The quantitative estimate of drug-likeness (QED) is 0.803. The lowest BCUT2D eigenvalue weighted by Crippen LogP contribution is -2.46. The third-order valence-electron chi connectivity index (χ3n) is 3.36. The van der Waals surface area contributed by atoms with E-state index in [1.165, 1.54) is 24.1 Å². The van der Waals surface area contributed by atoms with E-state index in [-0.39, 0.29) is 11.8 Å². The highest BCUT2D eigenvalue weighted by atomic mass is 16.5. The lowest BCUT2D eigenvalue weighted by molar-refractivity contribution is -0.136. The summed E-state index contributed by atoms with van der Waals surface area (Å²) < 4.78 is 4.79. The molecule has 1 heterocycles. The average Bonchev–Trinajstić information content (AvgIpc) is 2.43. The van der Waals surface area contributed by atoms with Gasteiger partial charge in [-0.3, -0.25) is 0 Å². The fourth-order valence-corrected chi connectivity index (χ4v) is 2.16. The van der Waals surface area contributed by atoms with Crippen LogP contribution in [-0.4, -0.2) is 36.2 Å². The lowest BCUT2D eigenvalue weighted by Gasteiger charge is -2.33. The summed E-state index contributed by atoms with van der Waals surface area (Å²) in [6.07, 6.45) is 0. The van der Waals surface area contributed by atoms with Gasteiger partial charge in [-0.15, -0.1) is 0 Å². The molecule has 0 fully saturated rings. The fourth-order valence-electron chi connectivity index (χ4n) is 2.16. The maximum atomic E-state index is 12.0. The van der Waals surface area contributed by atoms with E-state index in [9.17, 15) is 14.7 Å². The topological polar surface area (TPSA) is 78.9 Å². The highest BCUT2D eigenvalue weighted by Crippen LogP contribution is 2.31. The van der Waals surface area contributed by atoms with Crippen molar-refractivity contribution in [2.45, 2.75) is 13.0 Å². The molecule has 2 rings (SSSR count). The lowest BCUT2D eigenvalue weighted by atomic mass is 9.95. The van der Waals surface area contributed by atoms with E-state index in [2.05, 4.69) is 5.32 Å². The molecule has 0 saturated carbocycles. The number of carbonyl (C=O) groups is 2. The Labute approximate surface area is 116 Å². The summed E-state index contributed by atoms with van der Waals surface area (Å²) in [5.74, 6) is -0.444. The Morgan fingerprint density at radius 2 is 2.15 bits per heavy atom. The number of benzene rings is 1. The Kier molecular flexibility index (Phi) is 3.65. The summed E-state index contributed by atoms with van der Waals surface area (Å²) in [5.41, 5.74) is 1.49. The molecule has 1 aromatic carbocycles. The number of aromatic hydroxyl groups is 1. The zero-order valence-electron chi connectivity index (χ0n) is 11.5. The number of methoxy groups -OCH3 is 1. The van der Waals surface area contributed by atoms with Gasteiger partial charge < -0.3 is 20.1 Å². The standard InChI is InChI=1S/C14H16N2O4/c1-8-11(13(18)20-3)12(15-14(19)16(8)2)9-5-4-6-10(17)7-9/h4-7,12,17H,1-3H3,(H,15,19)/t12-/m1/s1. The second-order valence-corrected chi connectivity index (χ2v) is 4.53. The molecule has 6 heteroatoms. The second-order valence-electron chi connectivity index (χ2n) is 4.53. The summed E-state index contributed by atoms with van der Waals surface area (Å²) in [5, 5.41) is 12.3. The van der Waals surface area contributed by atoms with Crippen LogP contribution in [-0.2, 0) is 9.53 Å². The van der Waals surface area contributed by atoms with E-state index in [0.717, 1.165) is 0 Å². The number of nitrogens with one attached hydrogen (secondary N) is 1. The SMILES string of the molecule is COC(=O)C1=C(C)N(C)C(=O)N[C@@H]1c1cccc(O)c1. The van der Waals surface area contributed by atoms with Gasteiger partial charge in [-0.05, 0) is 24.6 Å². The molecule has 0 spiro atoms. The van der Waals surface area contributed by atoms with Crippen LogP contribution < -0.4 is 5.32 Å². The van der Waals surface area contributed by atoms with E-state index < -0.39 is 12.0 Å². The van der Waals surface area contributed by atoms with Crippen molar-refractivity contribution in [1.29, 1.82) is 0 Å². The third kappa shape index (κ3) is 2.32. The van der Waals surface area contributed by atoms with E-state index in [0.29, 0.717) is 16.8 Å². The van der Waals surface area contributed by atoms with Gasteiger partial charge in [-0.25, -0.2) is 9.59 Å². The Balaban J connectivity index is 2.55. The van der Waals surface area contributed by atoms with Gasteiger partial charge in [0.2, 0.25) is 0 Å². The number of hydrogen-bond donors (Lipinski definition) is 2. The molecule has 106 valence electrons. The average molecular weight is 276 g/mol. The number of nitrogens with zero attached hydrogens (tertiary/aromatic N) is 1. The van der Waals surface area contributed by atoms with E-state index in [1.807, 2.05) is 0 Å². The Hall–Kier alpha value is -2.50. The summed E-state index contributed by atoms with van der Waals surface area (Å²) in [6.45, 7) is 1.68. The molecule has 1 aliphatic heterocycles. The summed E-state index contributed by atoms with van der Waals surface area (Å²) in [7, 11) is 2.87. The number of ether oxygens (including phenoxy) is 1. The molecule has 2 N–H and O–H groups in total. The normalized spacial score (nSPS) is 18.9. The number of urea groups is 1. The molecule has 0 bridgehead atoms. The predicted octanol–water partition coefficient (Wildman–Crippen LogP) is 1.54. The van der Waals surface area contributed by atoms with Gasteiger partial charge >= 0.3 is 12.0 Å². The van der Waals surface area contributed by atoms with Crippen LogP contribution in [0.5, 0.6) is 5.75 Å². The molecule has 6 nitrogen and oxygen atoms in total. The van der Waals surface area contributed by atoms with Crippen LogP contribution in [0.1, 0.15) is 18.5 Å². The van der Waals surface area contributed by atoms with E-state index >= 15 is 0 Å². The van der Waals surface area contributed by atoms with Crippen LogP contribution in [0, 0.1) is 0 Å². The third-order valence-corrected chi connectivity index (χ3v) is 3.36. The fraction of sp³-hybridized carbons (Fsp3) is 0.286. The minimum atomic E-state index is -0.641. The van der Waals surface area contributed by atoms with E-state index in [1.54, 1.807) is 26.1 Å². The van der Waals surface area contributed by atoms with E-state index in [4.69, 9.17) is 4.74 Å². The van der Waals surface area contributed by atoms with Crippen molar-refractivity contribution in [2.75, 3.05) is 14.2 Å². The Morgan fingerprint density at radius 3 is 2.75 bits per heavy atom. The number of allylic oxidation sites excluding steroid dienone is 1. The summed E-state index contributed by atoms with van der Waals surface area (Å²) in [4.78, 5) is 25.2. The first kappa shape index (κ1) is 13.9. The molecule has 0 radical (unpaired) electrons. The minimum absolute atomic E-state index is 0.0672. The van der Waals surface area contributed by atoms with Crippen LogP contribution in [0.4, 0.5) is 4.79 Å². The van der Waals surface area contributed by atoms with Gasteiger partial charge in [0, 0.05) is 12.7 Å². The first-order valence-electron chi connectivity index (χ1n) is 6.08. The first-order chi connectivity index (χ1) is 9.45. The number of phenols is 1. The van der Waals surface area contributed by atoms with Crippen LogP contribution in [0.3, 0.4) is 0 Å². The highest BCUT2D eigenvalue weighted by molar-refractivity contribution is 5.94. The van der Waals surface area contributed by atoms with Crippen LogP contribution in [0.2, 0.25) is 0 Å². The maximum Gasteiger partial charge on any atom is 0.337 e. The van der Waals surface area contributed by atoms with Crippen LogP contribution in [0.25, 0.3) is 0 Å². The van der Waals surface area contributed by atoms with Crippen molar-refractivity contribution in [2.24, 2.45) is 0 Å². The molecule has 0 saturated heterocycles. The number of rotatable bonds is 2. The monoisotopic (exact) mass is 276 g/mol. The number of esters is 1. The molecule has 1 atom stereocenters. The smallest absolute Gasteiger partial charge is 0.337 e. The van der Waals surface area contributed by atoms with Crippen LogP contribution >= 0.6 is 0 Å². The molecule has 1 aliphatic rings. The largest absolute Gasteiger partial charge is 0.508 e. The molecule has 20 heavy (non-hydrogen) atoms. The van der Waals surface area contributed by atoms with Gasteiger partial charge in [-0.2, -0.15) is 0 Å². The minimum Gasteiger partial charge on any atom is -0.508 e. The number of amides is 2. The number of phenolic OH excluding ortho intramolecular Hbond substituents is 1. The number of carbonyl (C=O) groups excluding carboxylic acids is 2. The van der Waals surface area contributed by atoms with Crippen molar-refractivity contribution in [1.82, 2.24) is 10.2 Å². The molecule has 0 unspecified atom stereocenters. The van der Waals surface area contributed by atoms with Gasteiger partial charge in [0.1, 0.15) is 5.75 Å². The predicted molar refractivity (Wildman–Crippen MR) is 71.9 cm³/mol. The van der Waals surface area contributed by atoms with Gasteiger partial charge in [0.05, 0.1) is 18.7 Å². The molecule has 1 aromatic rings. The van der Waals surface area contributed by atoms with Crippen molar-refractivity contribution in [3.8, 4) is 5.75 Å². The van der Waals surface area contributed by atoms with Gasteiger partial charge in [0.25, 0.3) is 0 Å². The zero-order valence-corrected chi connectivity index (χ0v) is 11.5. The molecular weight excluding hydrogens is 260 g/mol. The Bertz CT molecular complexity index is 595. The van der Waals surface area contributed by atoms with Crippen molar-refractivity contribution < 1.29 is 19.4 Å². The maximum absolute atomic E-state index is 12.0. The van der Waals surface area contributed by atoms with Crippen molar-refractivity contribution in [3.05, 3.63) is 41.1 Å². The summed E-state index contributed by atoms with van der Waals surface area (Å²) in [6, 6.07) is 5.45. The zero-order chi connectivity index (χ0) is 14.9. The molecule has 0 aromatic heterocycles. The van der Waals surface area contributed by atoms with Crippen molar-refractivity contribution in [3.63, 3.8) is 0 Å². The van der Waals surface area contributed by atoms with Gasteiger partial charge in [0.15, 0.2) is 0 Å². The van der Waals surface area contributed by atoms with Crippen molar-refractivity contribution >= 4 is 12.0 Å².